The largest absolute Gasteiger partial charge is 0.347 e. The van der Waals surface area contributed by atoms with Gasteiger partial charge in [0.1, 0.15) is 11.8 Å². The third-order valence-corrected chi connectivity index (χ3v) is 3.43. The highest BCUT2D eigenvalue weighted by molar-refractivity contribution is 7.52. The monoisotopic (exact) mass is 258 g/mol. The lowest BCUT2D eigenvalue weighted by Gasteiger charge is -2.18. The highest BCUT2D eigenvalue weighted by Gasteiger charge is 2.27. The number of nitrogens with one attached hydrogen (secondary N) is 1. The van der Waals surface area contributed by atoms with Gasteiger partial charge in [0, 0.05) is 0 Å². The molecule has 94 valence electrons. The van der Waals surface area contributed by atoms with Crippen molar-refractivity contribution >= 4 is 13.5 Å². The Labute approximate surface area is 99.0 Å². The highest BCUT2D eigenvalue weighted by Crippen LogP contribution is 2.39. The molecule has 0 bridgehead atoms. The van der Waals surface area contributed by atoms with E-state index in [4.69, 9.17) is 15.5 Å². The van der Waals surface area contributed by atoms with Gasteiger partial charge in [-0.15, -0.1) is 0 Å². The molecule has 0 aliphatic heterocycles. The number of carbonyl (C=O) groups excluding carboxylic acids is 1. The predicted molar refractivity (Wildman–Crippen MR) is 63.0 cm³/mol. The Hall–Kier alpha value is -1.20. The summed E-state index contributed by atoms with van der Waals surface area (Å²) in [6, 6.07) is 7.65. The minimum Gasteiger partial charge on any atom is -0.341 e. The molecule has 2 atom stereocenters. The lowest BCUT2D eigenvalue weighted by Crippen LogP contribution is -2.39. The fourth-order valence-electron chi connectivity index (χ4n) is 1.19. The zero-order valence-electron chi connectivity index (χ0n) is 9.28. The number of amides is 1. The fourth-order valence-corrected chi connectivity index (χ4v) is 1.49. The van der Waals surface area contributed by atoms with Crippen LogP contribution in [0.4, 0.5) is 0 Å². The van der Waals surface area contributed by atoms with E-state index in [0.717, 1.165) is 0 Å². The van der Waals surface area contributed by atoms with Crippen LogP contribution in [0.25, 0.3) is 0 Å². The van der Waals surface area contributed by atoms with E-state index in [1.54, 1.807) is 30.3 Å². The van der Waals surface area contributed by atoms with E-state index in [1.807, 2.05) is 0 Å². The average Bonchev–Trinajstić information content (AvgIpc) is 2.27. The van der Waals surface area contributed by atoms with Gasteiger partial charge in [-0.1, -0.05) is 30.3 Å². The van der Waals surface area contributed by atoms with Gasteiger partial charge in [0.2, 0.25) is 5.91 Å². The fraction of sp³-hybridized carbons (Fsp3) is 0.300. The number of hydrogen-bond donors (Lipinski definition) is 4. The molecule has 0 radical (unpaired) electrons. The first-order valence-electron chi connectivity index (χ1n) is 4.98. The Morgan fingerprint density at radius 3 is 2.35 bits per heavy atom. The average molecular weight is 258 g/mol. The zero-order chi connectivity index (χ0) is 13.1. The summed E-state index contributed by atoms with van der Waals surface area (Å²) in [6.45, 7) is 1.23. The molecular formula is C10H15N2O4P. The number of carbonyl (C=O) groups is 1. The predicted octanol–water partition coefficient (Wildman–Crippen LogP) is 0.326. The molecular weight excluding hydrogens is 243 g/mol. The molecule has 1 aromatic rings. The maximum absolute atomic E-state index is 11.6. The molecule has 1 amide bonds. The third kappa shape index (κ3) is 3.94. The molecule has 0 saturated carbocycles. The van der Waals surface area contributed by atoms with Gasteiger partial charge in [-0.05, 0) is 12.5 Å². The lowest BCUT2D eigenvalue weighted by molar-refractivity contribution is -0.122. The lowest BCUT2D eigenvalue weighted by atomic mass is 10.1. The highest BCUT2D eigenvalue weighted by atomic mass is 31.2. The minimum absolute atomic E-state index is 0.586. The first kappa shape index (κ1) is 13.9. The number of hydrogen-bond acceptors (Lipinski definition) is 3. The molecule has 0 aromatic heterocycles. The Kier molecular flexibility index (Phi) is 4.42. The minimum atomic E-state index is -4.33. The molecule has 0 aliphatic rings. The number of nitrogens with two attached hydrogens (primary N) is 1. The molecule has 0 fully saturated rings. The summed E-state index contributed by atoms with van der Waals surface area (Å²) in [5.41, 5.74) is 6.25. The molecule has 1 rings (SSSR count). The molecule has 17 heavy (non-hydrogen) atoms. The van der Waals surface area contributed by atoms with E-state index in [-0.39, 0.29) is 0 Å². The van der Waals surface area contributed by atoms with Crippen LogP contribution in [0.3, 0.4) is 0 Å². The second kappa shape index (κ2) is 5.42. The van der Waals surface area contributed by atoms with Gasteiger partial charge in [-0.25, -0.2) is 0 Å². The summed E-state index contributed by atoms with van der Waals surface area (Å²) in [5.74, 6) is -1.86. The van der Waals surface area contributed by atoms with E-state index in [2.05, 4.69) is 5.32 Å². The zero-order valence-corrected chi connectivity index (χ0v) is 10.2. The van der Waals surface area contributed by atoms with Gasteiger partial charge in [-0.2, -0.15) is 0 Å². The van der Waals surface area contributed by atoms with Crippen molar-refractivity contribution in [1.29, 1.82) is 0 Å². The van der Waals surface area contributed by atoms with Crippen LogP contribution in [0.2, 0.25) is 0 Å². The molecule has 0 heterocycles. The molecule has 0 saturated heterocycles. The molecule has 7 heteroatoms. The standard InChI is InChI=1S/C10H15N2O4P/c1-7(17(14,15)16)12-10(13)9(11)8-5-3-2-4-6-8/h2-7,9H,11H2,1H3,(H,12,13)(H2,14,15,16). The van der Waals surface area contributed by atoms with Crippen LogP contribution < -0.4 is 11.1 Å². The Bertz CT molecular complexity index is 431. The van der Waals surface area contributed by atoms with E-state index >= 15 is 0 Å². The van der Waals surface area contributed by atoms with Crippen LogP contribution in [0.1, 0.15) is 18.5 Å². The Morgan fingerprint density at radius 2 is 1.88 bits per heavy atom. The van der Waals surface area contributed by atoms with Gasteiger partial charge in [0.15, 0.2) is 0 Å². The van der Waals surface area contributed by atoms with Gasteiger partial charge in [0.25, 0.3) is 0 Å². The molecule has 6 nitrogen and oxygen atoms in total. The molecule has 1 aromatic carbocycles. The smallest absolute Gasteiger partial charge is 0.341 e. The van der Waals surface area contributed by atoms with E-state index in [9.17, 15) is 9.36 Å². The number of rotatable bonds is 4. The summed E-state index contributed by atoms with van der Waals surface area (Å²) in [4.78, 5) is 29.3. The van der Waals surface area contributed by atoms with Crippen LogP contribution >= 0.6 is 7.60 Å². The summed E-state index contributed by atoms with van der Waals surface area (Å²) < 4.78 is 10.9. The topological polar surface area (TPSA) is 113 Å². The Morgan fingerprint density at radius 1 is 1.35 bits per heavy atom. The first-order chi connectivity index (χ1) is 7.82. The van der Waals surface area contributed by atoms with Crippen LogP contribution in [0.5, 0.6) is 0 Å². The third-order valence-electron chi connectivity index (χ3n) is 2.30. The van der Waals surface area contributed by atoms with E-state index in [0.29, 0.717) is 5.56 Å². The number of benzene rings is 1. The first-order valence-corrected chi connectivity index (χ1v) is 6.66. The van der Waals surface area contributed by atoms with Crippen molar-refractivity contribution in [3.8, 4) is 0 Å². The molecule has 0 spiro atoms. The van der Waals surface area contributed by atoms with Crippen molar-refractivity contribution in [1.82, 2.24) is 5.32 Å². The maximum Gasteiger partial charge on any atom is 0.347 e. The van der Waals surface area contributed by atoms with Crippen LogP contribution in [0.15, 0.2) is 30.3 Å². The van der Waals surface area contributed by atoms with Gasteiger partial charge in [-0.3, -0.25) is 9.36 Å². The van der Waals surface area contributed by atoms with E-state index in [1.165, 1.54) is 6.92 Å². The van der Waals surface area contributed by atoms with E-state index < -0.39 is 25.3 Å². The Balaban J connectivity index is 2.69. The van der Waals surface area contributed by atoms with Gasteiger partial charge >= 0.3 is 7.60 Å². The van der Waals surface area contributed by atoms with Gasteiger partial charge < -0.3 is 20.8 Å². The van der Waals surface area contributed by atoms with Crippen LogP contribution in [0, 0.1) is 0 Å². The SMILES string of the molecule is CC(NC(=O)C(N)c1ccccc1)P(=O)(O)O. The summed E-state index contributed by atoms with van der Waals surface area (Å²) in [7, 11) is -4.33. The molecule has 2 unspecified atom stereocenters. The summed E-state index contributed by atoms with van der Waals surface area (Å²) in [6.07, 6.45) is 0. The van der Waals surface area contributed by atoms with Crippen molar-refractivity contribution in [3.05, 3.63) is 35.9 Å². The van der Waals surface area contributed by atoms with Crippen molar-refractivity contribution in [2.75, 3.05) is 0 Å². The normalized spacial score (nSPS) is 15.1. The summed E-state index contributed by atoms with van der Waals surface area (Å²) >= 11 is 0. The van der Waals surface area contributed by atoms with Crippen molar-refractivity contribution in [2.45, 2.75) is 18.7 Å². The maximum atomic E-state index is 11.6. The summed E-state index contributed by atoms with van der Waals surface area (Å²) in [5, 5.41) is 2.19. The molecule has 5 N–H and O–H groups in total. The van der Waals surface area contributed by atoms with Crippen molar-refractivity contribution < 1.29 is 19.1 Å². The molecule has 0 aliphatic carbocycles. The van der Waals surface area contributed by atoms with Crippen LogP contribution in [-0.2, 0) is 9.36 Å². The van der Waals surface area contributed by atoms with Crippen LogP contribution in [-0.4, -0.2) is 21.5 Å². The van der Waals surface area contributed by atoms with Gasteiger partial charge in [0.05, 0.1) is 0 Å². The van der Waals surface area contributed by atoms with Crippen molar-refractivity contribution in [2.24, 2.45) is 5.73 Å². The van der Waals surface area contributed by atoms with Crippen molar-refractivity contribution in [3.63, 3.8) is 0 Å². The second-order valence-electron chi connectivity index (χ2n) is 3.66. The second-order valence-corrected chi connectivity index (χ2v) is 5.61. The quantitative estimate of drug-likeness (QED) is 0.581.